The third kappa shape index (κ3) is 3.29. The Morgan fingerprint density at radius 2 is 2.00 bits per heavy atom. The van der Waals surface area contributed by atoms with Crippen molar-refractivity contribution in [2.24, 2.45) is 5.92 Å². The summed E-state index contributed by atoms with van der Waals surface area (Å²) in [5, 5.41) is 13.1. The average Bonchev–Trinajstić information content (AvgIpc) is 3.22. The first-order chi connectivity index (χ1) is 9.47. The van der Waals surface area contributed by atoms with Gasteiger partial charge in [0.15, 0.2) is 0 Å². The molecule has 0 bridgehead atoms. The van der Waals surface area contributed by atoms with Gasteiger partial charge >= 0.3 is 0 Å². The van der Waals surface area contributed by atoms with E-state index in [2.05, 4.69) is 25.2 Å². The number of nitrogens with zero attached hydrogens (tertiary/aromatic N) is 2. The summed E-state index contributed by atoms with van der Waals surface area (Å²) >= 11 is 0. The summed E-state index contributed by atoms with van der Waals surface area (Å²) in [6.07, 6.45) is 2.20. The van der Waals surface area contributed by atoms with Crippen LogP contribution in [0.1, 0.15) is 26.7 Å². The quantitative estimate of drug-likeness (QED) is 0.867. The molecule has 1 fully saturated rings. The van der Waals surface area contributed by atoms with Gasteiger partial charge in [-0.2, -0.15) is 5.26 Å². The predicted molar refractivity (Wildman–Crippen MR) is 79.0 cm³/mol. The summed E-state index contributed by atoms with van der Waals surface area (Å²) in [5.74, 6) is 0.175. The van der Waals surface area contributed by atoms with Crippen LogP contribution >= 0.6 is 0 Å². The van der Waals surface area contributed by atoms with E-state index in [4.69, 9.17) is 0 Å². The lowest BCUT2D eigenvalue weighted by atomic mass is 9.93. The molecular weight excluding hydrogens is 253 g/mol. The fraction of sp³-hybridized carbons (Fsp3) is 0.562. The number of likely N-dealkylation sites (N-methyl/N-ethyl adjacent to an activating group) is 1. The molecule has 1 saturated carbocycles. The smallest absolute Gasteiger partial charge is 0.127 e. The van der Waals surface area contributed by atoms with Crippen LogP contribution in [0.4, 0.5) is 10.1 Å². The number of hydrogen-bond acceptors (Lipinski definition) is 3. The molecule has 1 N–H and O–H groups in total. The molecule has 2 rings (SSSR count). The second kappa shape index (κ2) is 5.80. The molecule has 1 aliphatic rings. The Bertz CT molecular complexity index is 487. The summed E-state index contributed by atoms with van der Waals surface area (Å²) < 4.78 is 13.0. The SMILES string of the molecule is CC(C)NC(C#N)(CN(C)c1ccc(F)cc1)C1CC1. The maximum atomic E-state index is 13.0. The molecule has 0 aliphatic heterocycles. The number of nitrogens with one attached hydrogen (secondary N) is 1. The molecule has 1 unspecified atom stereocenters. The lowest BCUT2D eigenvalue weighted by Gasteiger charge is -2.35. The van der Waals surface area contributed by atoms with E-state index in [-0.39, 0.29) is 11.9 Å². The minimum absolute atomic E-state index is 0.240. The third-order valence-electron chi connectivity index (χ3n) is 3.77. The van der Waals surface area contributed by atoms with E-state index in [9.17, 15) is 9.65 Å². The van der Waals surface area contributed by atoms with Crippen molar-refractivity contribution in [1.82, 2.24) is 5.32 Å². The van der Waals surface area contributed by atoms with Crippen molar-refractivity contribution in [1.29, 1.82) is 5.26 Å². The fourth-order valence-electron chi connectivity index (χ4n) is 2.70. The molecule has 4 heteroatoms. The first kappa shape index (κ1) is 14.8. The molecule has 0 saturated heterocycles. The van der Waals surface area contributed by atoms with Gasteiger partial charge in [0, 0.05) is 25.3 Å². The third-order valence-corrected chi connectivity index (χ3v) is 3.77. The molecule has 0 heterocycles. The Kier molecular flexibility index (Phi) is 4.29. The van der Waals surface area contributed by atoms with Crippen molar-refractivity contribution in [3.05, 3.63) is 30.1 Å². The number of hydrogen-bond donors (Lipinski definition) is 1. The lowest BCUT2D eigenvalue weighted by Crippen LogP contribution is -2.56. The van der Waals surface area contributed by atoms with Gasteiger partial charge in [0.05, 0.1) is 6.07 Å². The number of anilines is 1. The highest BCUT2D eigenvalue weighted by atomic mass is 19.1. The second-order valence-corrected chi connectivity index (χ2v) is 5.99. The van der Waals surface area contributed by atoms with Crippen LogP contribution in [0.25, 0.3) is 0 Å². The van der Waals surface area contributed by atoms with Gasteiger partial charge in [0.1, 0.15) is 11.4 Å². The zero-order valence-corrected chi connectivity index (χ0v) is 12.4. The topological polar surface area (TPSA) is 39.1 Å². The summed E-state index contributed by atoms with van der Waals surface area (Å²) in [6.45, 7) is 4.73. The van der Waals surface area contributed by atoms with Crippen molar-refractivity contribution in [2.75, 3.05) is 18.5 Å². The molecule has 1 aromatic rings. The predicted octanol–water partition coefficient (Wildman–Crippen LogP) is 2.93. The Morgan fingerprint density at radius 3 is 2.45 bits per heavy atom. The lowest BCUT2D eigenvalue weighted by molar-refractivity contribution is 0.339. The van der Waals surface area contributed by atoms with Crippen molar-refractivity contribution in [3.63, 3.8) is 0 Å². The molecule has 1 aliphatic carbocycles. The number of benzene rings is 1. The number of rotatable bonds is 6. The van der Waals surface area contributed by atoms with Gasteiger partial charge < -0.3 is 4.90 Å². The van der Waals surface area contributed by atoms with Gasteiger partial charge in [-0.15, -0.1) is 0 Å². The van der Waals surface area contributed by atoms with Crippen LogP contribution in [0.3, 0.4) is 0 Å². The van der Waals surface area contributed by atoms with Gasteiger partial charge in [-0.25, -0.2) is 4.39 Å². The molecule has 1 atom stereocenters. The van der Waals surface area contributed by atoms with E-state index < -0.39 is 5.54 Å². The molecule has 3 nitrogen and oxygen atoms in total. The Morgan fingerprint density at radius 1 is 1.40 bits per heavy atom. The molecule has 0 amide bonds. The maximum Gasteiger partial charge on any atom is 0.127 e. The Balaban J connectivity index is 2.15. The molecular formula is C16H22FN3. The molecule has 0 aromatic heterocycles. The van der Waals surface area contributed by atoms with Gasteiger partial charge in [0.2, 0.25) is 0 Å². The van der Waals surface area contributed by atoms with Crippen molar-refractivity contribution in [2.45, 2.75) is 38.3 Å². The van der Waals surface area contributed by atoms with E-state index in [1.54, 1.807) is 12.1 Å². The molecule has 20 heavy (non-hydrogen) atoms. The van der Waals surface area contributed by atoms with E-state index in [0.29, 0.717) is 12.5 Å². The fourth-order valence-corrected chi connectivity index (χ4v) is 2.70. The van der Waals surface area contributed by atoms with Crippen molar-refractivity contribution in [3.8, 4) is 6.07 Å². The highest BCUT2D eigenvalue weighted by Crippen LogP contribution is 2.40. The van der Waals surface area contributed by atoms with Crippen molar-refractivity contribution >= 4 is 5.69 Å². The highest BCUT2D eigenvalue weighted by molar-refractivity contribution is 5.46. The van der Waals surface area contributed by atoms with Gasteiger partial charge in [0.25, 0.3) is 0 Å². The van der Waals surface area contributed by atoms with Gasteiger partial charge in [-0.1, -0.05) is 0 Å². The van der Waals surface area contributed by atoms with E-state index in [1.807, 2.05) is 11.9 Å². The van der Waals surface area contributed by atoms with Crippen LogP contribution in [-0.4, -0.2) is 25.2 Å². The zero-order valence-electron chi connectivity index (χ0n) is 12.4. The molecule has 1 aromatic carbocycles. The number of halogens is 1. The first-order valence-electron chi connectivity index (χ1n) is 7.12. The Labute approximate surface area is 120 Å². The molecule has 0 radical (unpaired) electrons. The Hall–Kier alpha value is -1.60. The largest absolute Gasteiger partial charge is 0.372 e. The second-order valence-electron chi connectivity index (χ2n) is 5.99. The summed E-state index contributed by atoms with van der Waals surface area (Å²) in [5.41, 5.74) is 0.411. The van der Waals surface area contributed by atoms with Gasteiger partial charge in [-0.05, 0) is 56.9 Å². The number of nitriles is 1. The molecule has 0 spiro atoms. The minimum atomic E-state index is -0.517. The van der Waals surface area contributed by atoms with Crippen LogP contribution in [-0.2, 0) is 0 Å². The van der Waals surface area contributed by atoms with Crippen LogP contribution in [0, 0.1) is 23.1 Å². The van der Waals surface area contributed by atoms with Crippen molar-refractivity contribution < 1.29 is 4.39 Å². The summed E-state index contributed by atoms with van der Waals surface area (Å²) in [6, 6.07) is 9.16. The average molecular weight is 275 g/mol. The summed E-state index contributed by atoms with van der Waals surface area (Å²) in [7, 11) is 1.95. The normalized spacial score (nSPS) is 17.6. The summed E-state index contributed by atoms with van der Waals surface area (Å²) in [4.78, 5) is 2.02. The van der Waals surface area contributed by atoms with E-state index >= 15 is 0 Å². The molecule has 108 valence electrons. The maximum absolute atomic E-state index is 13.0. The standard InChI is InChI=1S/C16H22FN3/c1-12(2)19-16(10-18,13-4-5-13)11-20(3)15-8-6-14(17)7-9-15/h6-9,12-13,19H,4-5,11H2,1-3H3. The zero-order chi connectivity index (χ0) is 14.8. The van der Waals surface area contributed by atoms with Crippen LogP contribution in [0.15, 0.2) is 24.3 Å². The van der Waals surface area contributed by atoms with Gasteiger partial charge in [-0.3, -0.25) is 5.32 Å². The minimum Gasteiger partial charge on any atom is -0.372 e. The first-order valence-corrected chi connectivity index (χ1v) is 7.12. The van der Waals surface area contributed by atoms with E-state index in [0.717, 1.165) is 18.5 Å². The van der Waals surface area contributed by atoms with Crippen LogP contribution < -0.4 is 10.2 Å². The monoisotopic (exact) mass is 275 g/mol. The van der Waals surface area contributed by atoms with Crippen LogP contribution in [0.5, 0.6) is 0 Å². The highest BCUT2D eigenvalue weighted by Gasteiger charge is 2.46. The van der Waals surface area contributed by atoms with E-state index in [1.165, 1.54) is 12.1 Å². The van der Waals surface area contributed by atoms with Crippen LogP contribution in [0.2, 0.25) is 0 Å².